The number of carbonyl (C=O) groups is 3. The summed E-state index contributed by atoms with van der Waals surface area (Å²) in [6, 6.07) is 23.6. The number of nitrogens with zero attached hydrogens (tertiary/aromatic N) is 5. The van der Waals surface area contributed by atoms with Crippen LogP contribution in [-0.2, 0) is 20.8 Å². The third-order valence-electron chi connectivity index (χ3n) is 8.74. The Morgan fingerprint density at radius 1 is 0.414 bits per heavy atom. The van der Waals surface area contributed by atoms with Gasteiger partial charge in [0.1, 0.15) is 0 Å². The molecule has 0 atom stereocenters. The van der Waals surface area contributed by atoms with Crippen molar-refractivity contribution in [3.05, 3.63) is 93.4 Å². The van der Waals surface area contributed by atoms with E-state index in [1.807, 2.05) is 176 Å². The van der Waals surface area contributed by atoms with Crippen molar-refractivity contribution >= 4 is 101 Å². The van der Waals surface area contributed by atoms with Crippen molar-refractivity contribution in [3.63, 3.8) is 0 Å². The lowest BCUT2D eigenvalue weighted by Gasteiger charge is -2.36. The molecule has 0 bridgehead atoms. The lowest BCUT2D eigenvalue weighted by Crippen LogP contribution is -2.48. The average molecular weight is 1270 g/mol. The third-order valence-corrected chi connectivity index (χ3v) is 9.82. The Morgan fingerprint density at radius 2 is 0.671 bits per heavy atom. The molecule has 3 aromatic rings. The second-order valence-corrected chi connectivity index (χ2v) is 13.3. The summed E-state index contributed by atoms with van der Waals surface area (Å²) in [6.07, 6.45) is 1.06. The molecule has 0 aliphatic carbocycles. The molecule has 1 N–H and O–H groups in total. The Hall–Kier alpha value is -2.04. The van der Waals surface area contributed by atoms with Gasteiger partial charge < -0.3 is 29.8 Å². The molecule has 412 valence electrons. The lowest BCUT2D eigenvalue weighted by atomic mass is 10.1. The second-order valence-electron chi connectivity index (χ2n) is 12.1. The molecule has 3 aliphatic rings. The van der Waals surface area contributed by atoms with Crippen LogP contribution < -0.4 is 15.1 Å². The maximum atomic E-state index is 11.3. The van der Waals surface area contributed by atoms with Crippen molar-refractivity contribution < 1.29 is 14.4 Å². The number of benzene rings is 3. The predicted octanol–water partition coefficient (Wildman–Crippen LogP) is 17.4. The molecule has 0 radical (unpaired) electrons. The molecule has 9 nitrogen and oxygen atoms in total. The van der Waals surface area contributed by atoms with Crippen LogP contribution in [0.25, 0.3) is 0 Å². The SMILES string of the molecule is CC.CC.CC.CC.CC.CC.CC.CC.CC.CC(=O)N1CCN(c2ccccc2Cl)CC1.CC(=O)N1CCNCC1.CCc1ccccc1N1CCN(C(C)=O)CC1.Clc1ccccc1Cl.II. The van der Waals surface area contributed by atoms with Crippen molar-refractivity contribution in [3.8, 4) is 0 Å². The van der Waals surface area contributed by atoms with Gasteiger partial charge in [-0.2, -0.15) is 0 Å². The summed E-state index contributed by atoms with van der Waals surface area (Å²) < 4.78 is 0. The minimum atomic E-state index is 0.152. The van der Waals surface area contributed by atoms with Crippen molar-refractivity contribution in [2.24, 2.45) is 0 Å². The molecule has 6 rings (SSSR count). The van der Waals surface area contributed by atoms with Crippen LogP contribution in [0.1, 0.15) is 158 Å². The Balaban J connectivity index is -0.000000111. The fraction of sp³-hybridized carbons (Fsp3) is 0.625. The van der Waals surface area contributed by atoms with Crippen LogP contribution in [0.2, 0.25) is 15.1 Å². The molecule has 0 aromatic heterocycles. The molecule has 3 fully saturated rings. The van der Waals surface area contributed by atoms with E-state index < -0.39 is 0 Å². The van der Waals surface area contributed by atoms with E-state index in [9.17, 15) is 14.4 Å². The van der Waals surface area contributed by atoms with Crippen LogP contribution in [0.5, 0.6) is 0 Å². The van der Waals surface area contributed by atoms with Gasteiger partial charge >= 0.3 is 0 Å². The number of hydrogen-bond donors (Lipinski definition) is 1. The number of aryl methyl sites for hydroxylation is 1. The Kier molecular flexibility index (Phi) is 81.1. The van der Waals surface area contributed by atoms with Crippen molar-refractivity contribution in [2.45, 2.75) is 159 Å². The first-order valence-corrected chi connectivity index (χ1v) is 33.8. The number of para-hydroxylation sites is 2. The highest BCUT2D eigenvalue weighted by atomic mass is 128. The Morgan fingerprint density at radius 3 is 0.943 bits per heavy atom. The quantitative estimate of drug-likeness (QED) is 0.263. The highest BCUT2D eigenvalue weighted by molar-refractivity contribution is 15.0. The number of anilines is 2. The first kappa shape index (κ1) is 84.8. The van der Waals surface area contributed by atoms with Crippen molar-refractivity contribution in [1.82, 2.24) is 20.0 Å². The fourth-order valence-corrected chi connectivity index (χ4v) is 6.30. The van der Waals surface area contributed by atoms with Crippen molar-refractivity contribution in [1.29, 1.82) is 0 Å². The topological polar surface area (TPSA) is 79.4 Å². The first-order chi connectivity index (χ1) is 34.0. The van der Waals surface area contributed by atoms with E-state index in [0.717, 1.165) is 95.7 Å². The number of amides is 3. The molecule has 3 amide bonds. The number of nitrogens with one attached hydrogen (secondary N) is 1. The molecule has 0 spiro atoms. The van der Waals surface area contributed by atoms with Crippen molar-refractivity contribution in [2.75, 3.05) is 88.3 Å². The van der Waals surface area contributed by atoms with E-state index in [-0.39, 0.29) is 17.7 Å². The minimum absolute atomic E-state index is 0.152. The van der Waals surface area contributed by atoms with E-state index in [1.54, 1.807) is 32.9 Å². The molecule has 3 aliphatic heterocycles. The summed E-state index contributed by atoms with van der Waals surface area (Å²) >= 11 is 21.5. The molecular weight excluding hydrogens is 1160 g/mol. The van der Waals surface area contributed by atoms with Gasteiger partial charge in [-0.25, -0.2) is 0 Å². The monoisotopic (exact) mass is 1270 g/mol. The van der Waals surface area contributed by atoms with E-state index >= 15 is 0 Å². The highest BCUT2D eigenvalue weighted by Crippen LogP contribution is 2.26. The molecule has 0 unspecified atom stereocenters. The first-order valence-electron chi connectivity index (χ1n) is 26.4. The summed E-state index contributed by atoms with van der Waals surface area (Å²) in [5.74, 6) is 0.531. The van der Waals surface area contributed by atoms with Gasteiger partial charge in [-0.1, -0.05) is 209 Å². The van der Waals surface area contributed by atoms with Crippen LogP contribution >= 0.6 is 72.0 Å². The number of carbonyl (C=O) groups excluding carboxylic acids is 3. The Labute approximate surface area is 472 Å². The summed E-state index contributed by atoms with van der Waals surface area (Å²) in [7, 11) is 0. The van der Waals surface area contributed by atoms with Gasteiger partial charge in [0.05, 0.1) is 20.8 Å². The molecule has 3 aromatic carbocycles. The number of piperazine rings is 3. The van der Waals surface area contributed by atoms with E-state index in [1.165, 1.54) is 11.3 Å². The van der Waals surface area contributed by atoms with Gasteiger partial charge in [0.2, 0.25) is 17.7 Å². The number of halogens is 5. The zero-order chi connectivity index (χ0) is 56.5. The molecule has 14 heteroatoms. The fourth-order valence-electron chi connectivity index (χ4n) is 5.77. The van der Waals surface area contributed by atoms with E-state index in [0.29, 0.717) is 10.0 Å². The largest absolute Gasteiger partial charge is 0.368 e. The predicted molar refractivity (Wildman–Crippen MR) is 338 cm³/mol. The van der Waals surface area contributed by atoms with Crippen LogP contribution in [0.15, 0.2) is 72.8 Å². The molecule has 3 heterocycles. The normalized spacial score (nSPS) is 12.1. The summed E-state index contributed by atoms with van der Waals surface area (Å²) in [6.45, 7) is 53.5. The zero-order valence-electron chi connectivity index (χ0n) is 48.5. The van der Waals surface area contributed by atoms with Gasteiger partial charge in [0.25, 0.3) is 0 Å². The lowest BCUT2D eigenvalue weighted by molar-refractivity contribution is -0.130. The molecular formula is C56H105Cl3I2N6O3. The standard InChI is InChI=1S/C14H20N2O.C12H15ClN2O.C6H4Cl2.C6H12N2O.9C2H6.I2/c1-3-13-6-4-5-7-14(13)16-10-8-15(9-11-16)12(2)17;1-10(16)14-6-8-15(9-7-14)12-5-3-2-4-11(12)13;7-5-3-1-2-4-6(5)8;1-6(9)8-4-2-7-3-5-8;10*1-2/h4-7H,3,8-11H2,1-2H3;2-5H,6-9H2,1H3;1-4H;7H,2-5H2,1H3;9*1-2H3;. The molecule has 0 saturated carbocycles. The van der Waals surface area contributed by atoms with Gasteiger partial charge in [-0.15, -0.1) is 0 Å². The zero-order valence-corrected chi connectivity index (χ0v) is 55.1. The molecule has 3 saturated heterocycles. The van der Waals surface area contributed by atoms with E-state index in [2.05, 4.69) is 83.5 Å². The van der Waals surface area contributed by atoms with Crippen LogP contribution in [-0.4, -0.2) is 111 Å². The summed E-state index contributed by atoms with van der Waals surface area (Å²) in [5, 5.41) is 5.16. The van der Waals surface area contributed by atoms with Crippen LogP contribution in [0, 0.1) is 0 Å². The van der Waals surface area contributed by atoms with Gasteiger partial charge in [0, 0.05) is 142 Å². The minimum Gasteiger partial charge on any atom is -0.368 e. The maximum Gasteiger partial charge on any atom is 0.219 e. The average Bonchev–Trinajstić information content (AvgIpc) is 3.46. The summed E-state index contributed by atoms with van der Waals surface area (Å²) in [4.78, 5) is 43.4. The molecule has 70 heavy (non-hydrogen) atoms. The van der Waals surface area contributed by atoms with Gasteiger partial charge in [-0.3, -0.25) is 14.4 Å². The van der Waals surface area contributed by atoms with E-state index in [4.69, 9.17) is 34.8 Å². The Bertz CT molecular complexity index is 1500. The third kappa shape index (κ3) is 42.5. The van der Waals surface area contributed by atoms with Crippen LogP contribution in [0.4, 0.5) is 11.4 Å². The smallest absolute Gasteiger partial charge is 0.219 e. The summed E-state index contributed by atoms with van der Waals surface area (Å²) in [5.41, 5.74) is 3.79. The van der Waals surface area contributed by atoms with Gasteiger partial charge in [0.15, 0.2) is 0 Å². The number of hydrogen-bond acceptors (Lipinski definition) is 6. The second kappa shape index (κ2) is 67.0. The maximum absolute atomic E-state index is 11.3. The van der Waals surface area contributed by atoms with Gasteiger partial charge in [-0.05, 0) is 42.3 Å². The number of rotatable bonds is 3. The van der Waals surface area contributed by atoms with Crippen LogP contribution in [0.3, 0.4) is 0 Å². The highest BCUT2D eigenvalue weighted by Gasteiger charge is 2.21.